The minimum absolute atomic E-state index is 0.0370. The number of fused-ring (bicyclic) bond motifs is 1. The summed E-state index contributed by atoms with van der Waals surface area (Å²) in [6.07, 6.45) is 5.46. The van der Waals surface area contributed by atoms with Crippen LogP contribution in [0.1, 0.15) is 24.4 Å². The van der Waals surface area contributed by atoms with Crippen molar-refractivity contribution < 1.29 is 9.53 Å². The zero-order valence-electron chi connectivity index (χ0n) is 16.5. The number of likely N-dealkylation sites (N-methyl/N-ethyl adjacent to an activating group) is 1. The number of carbonyl (C=O) groups excluding carboxylic acids is 1. The highest BCUT2D eigenvalue weighted by Gasteiger charge is 2.22. The summed E-state index contributed by atoms with van der Waals surface area (Å²) in [4.78, 5) is 18.0. The summed E-state index contributed by atoms with van der Waals surface area (Å²) in [5.74, 6) is 1.50. The predicted molar refractivity (Wildman–Crippen MR) is 108 cm³/mol. The SMILES string of the molecule is CN(C)C(=O)CN=C(NCCCn1cccn1)NC1CCOc2ccccc21. The number of carbonyl (C=O) groups is 1. The van der Waals surface area contributed by atoms with E-state index in [1.165, 1.54) is 0 Å². The monoisotopic (exact) mass is 384 g/mol. The van der Waals surface area contributed by atoms with Crippen LogP contribution in [0.25, 0.3) is 0 Å². The van der Waals surface area contributed by atoms with E-state index in [1.54, 1.807) is 25.2 Å². The van der Waals surface area contributed by atoms with Crippen LogP contribution < -0.4 is 15.4 Å². The van der Waals surface area contributed by atoms with E-state index in [0.717, 1.165) is 37.2 Å². The van der Waals surface area contributed by atoms with E-state index in [-0.39, 0.29) is 18.5 Å². The van der Waals surface area contributed by atoms with Gasteiger partial charge in [-0.05, 0) is 18.6 Å². The van der Waals surface area contributed by atoms with Gasteiger partial charge in [-0.25, -0.2) is 4.99 Å². The second kappa shape index (κ2) is 9.77. The second-order valence-electron chi connectivity index (χ2n) is 6.87. The number of para-hydroxylation sites is 1. The fraction of sp³-hybridized carbons (Fsp3) is 0.450. The molecule has 1 atom stereocenters. The topological polar surface area (TPSA) is 83.8 Å². The Balaban J connectivity index is 1.62. The van der Waals surface area contributed by atoms with Gasteiger partial charge in [0.15, 0.2) is 5.96 Å². The predicted octanol–water partition coefficient (Wildman–Crippen LogP) is 1.42. The molecule has 2 aromatic rings. The smallest absolute Gasteiger partial charge is 0.243 e. The van der Waals surface area contributed by atoms with Crippen molar-refractivity contribution in [1.29, 1.82) is 0 Å². The summed E-state index contributed by atoms with van der Waals surface area (Å²) in [5, 5.41) is 11.0. The molecular formula is C20H28N6O2. The van der Waals surface area contributed by atoms with Crippen LogP contribution in [0.2, 0.25) is 0 Å². The standard InChI is InChI=1S/C20H28N6O2/c1-25(2)19(27)15-22-20(21-10-5-12-26-13-6-11-23-26)24-17-9-14-28-18-8-4-3-7-16(17)18/h3-4,6-8,11,13,17H,5,9-10,12,14-15H2,1-2H3,(H2,21,22,24). The van der Waals surface area contributed by atoms with Gasteiger partial charge in [-0.2, -0.15) is 5.10 Å². The number of aryl methyl sites for hydroxylation is 1. The lowest BCUT2D eigenvalue weighted by atomic mass is 10.0. The number of guanidine groups is 1. The van der Waals surface area contributed by atoms with Gasteiger partial charge < -0.3 is 20.3 Å². The van der Waals surface area contributed by atoms with Gasteiger partial charge in [0.25, 0.3) is 0 Å². The van der Waals surface area contributed by atoms with E-state index in [1.807, 2.05) is 35.1 Å². The Labute approximate surface area is 165 Å². The van der Waals surface area contributed by atoms with Gasteiger partial charge in [0.05, 0.1) is 12.6 Å². The minimum Gasteiger partial charge on any atom is -0.493 e. The molecule has 0 saturated carbocycles. The lowest BCUT2D eigenvalue weighted by Gasteiger charge is -2.28. The zero-order valence-corrected chi connectivity index (χ0v) is 16.5. The molecular weight excluding hydrogens is 356 g/mol. The Morgan fingerprint density at radius 2 is 2.21 bits per heavy atom. The van der Waals surface area contributed by atoms with Crippen LogP contribution in [0.4, 0.5) is 0 Å². The molecule has 150 valence electrons. The van der Waals surface area contributed by atoms with Gasteiger partial charge in [0.1, 0.15) is 12.3 Å². The van der Waals surface area contributed by atoms with Crippen molar-refractivity contribution >= 4 is 11.9 Å². The van der Waals surface area contributed by atoms with Crippen molar-refractivity contribution in [2.75, 3.05) is 33.8 Å². The van der Waals surface area contributed by atoms with E-state index >= 15 is 0 Å². The molecule has 0 aliphatic carbocycles. The van der Waals surface area contributed by atoms with Crippen molar-refractivity contribution in [1.82, 2.24) is 25.3 Å². The molecule has 3 rings (SSSR count). The van der Waals surface area contributed by atoms with Crippen molar-refractivity contribution in [3.63, 3.8) is 0 Å². The van der Waals surface area contributed by atoms with Crippen LogP contribution in [0.15, 0.2) is 47.7 Å². The van der Waals surface area contributed by atoms with Gasteiger partial charge in [-0.15, -0.1) is 0 Å². The fourth-order valence-corrected chi connectivity index (χ4v) is 2.98. The zero-order chi connectivity index (χ0) is 19.8. The maximum Gasteiger partial charge on any atom is 0.243 e. The summed E-state index contributed by atoms with van der Waals surface area (Å²) in [7, 11) is 3.47. The lowest BCUT2D eigenvalue weighted by Crippen LogP contribution is -2.42. The van der Waals surface area contributed by atoms with Gasteiger partial charge in [-0.3, -0.25) is 9.48 Å². The number of aliphatic imine (C=N–C) groups is 1. The molecule has 28 heavy (non-hydrogen) atoms. The van der Waals surface area contributed by atoms with Crippen LogP contribution in [0, 0.1) is 0 Å². The molecule has 1 aliphatic heterocycles. The number of aromatic nitrogens is 2. The summed E-state index contributed by atoms with van der Waals surface area (Å²) in [6, 6.07) is 10.0. The minimum atomic E-state index is -0.0370. The number of nitrogens with zero attached hydrogens (tertiary/aromatic N) is 4. The van der Waals surface area contributed by atoms with Crippen molar-refractivity contribution in [2.45, 2.75) is 25.4 Å². The first-order chi connectivity index (χ1) is 13.6. The van der Waals surface area contributed by atoms with E-state index in [0.29, 0.717) is 12.6 Å². The highest BCUT2D eigenvalue weighted by molar-refractivity contribution is 5.85. The highest BCUT2D eigenvalue weighted by atomic mass is 16.5. The Morgan fingerprint density at radius 3 is 3.00 bits per heavy atom. The van der Waals surface area contributed by atoms with E-state index in [2.05, 4.69) is 26.8 Å². The molecule has 0 saturated heterocycles. The van der Waals surface area contributed by atoms with Gasteiger partial charge in [-0.1, -0.05) is 18.2 Å². The third-order valence-corrected chi connectivity index (χ3v) is 4.56. The van der Waals surface area contributed by atoms with E-state index in [4.69, 9.17) is 4.74 Å². The molecule has 0 bridgehead atoms. The quantitative estimate of drug-likeness (QED) is 0.429. The average Bonchev–Trinajstić information content (AvgIpc) is 3.22. The summed E-state index contributed by atoms with van der Waals surface area (Å²) >= 11 is 0. The number of rotatable bonds is 7. The molecule has 0 radical (unpaired) electrons. The lowest BCUT2D eigenvalue weighted by molar-refractivity contribution is -0.127. The largest absolute Gasteiger partial charge is 0.493 e. The van der Waals surface area contributed by atoms with Gasteiger partial charge >= 0.3 is 0 Å². The second-order valence-corrected chi connectivity index (χ2v) is 6.87. The molecule has 1 unspecified atom stereocenters. The van der Waals surface area contributed by atoms with Crippen LogP contribution in [-0.2, 0) is 11.3 Å². The first kappa shape index (κ1) is 19.7. The molecule has 1 amide bonds. The first-order valence-corrected chi connectivity index (χ1v) is 9.57. The summed E-state index contributed by atoms with van der Waals surface area (Å²) < 4.78 is 7.63. The number of hydrogen-bond acceptors (Lipinski definition) is 4. The molecule has 1 aliphatic rings. The molecule has 1 aromatic heterocycles. The summed E-state index contributed by atoms with van der Waals surface area (Å²) in [5.41, 5.74) is 1.11. The Hall–Kier alpha value is -3.03. The van der Waals surface area contributed by atoms with E-state index in [9.17, 15) is 4.79 Å². The van der Waals surface area contributed by atoms with Crippen LogP contribution in [0.5, 0.6) is 5.75 Å². The van der Waals surface area contributed by atoms with Crippen LogP contribution in [-0.4, -0.2) is 60.3 Å². The molecule has 0 spiro atoms. The molecule has 2 heterocycles. The third-order valence-electron chi connectivity index (χ3n) is 4.56. The van der Waals surface area contributed by atoms with Gasteiger partial charge in [0.2, 0.25) is 5.91 Å². The van der Waals surface area contributed by atoms with Crippen molar-refractivity contribution in [3.05, 3.63) is 48.3 Å². The molecule has 1 aromatic carbocycles. The average molecular weight is 384 g/mol. The Morgan fingerprint density at radius 1 is 1.36 bits per heavy atom. The Kier molecular flexibility index (Phi) is 6.89. The number of hydrogen-bond donors (Lipinski definition) is 2. The van der Waals surface area contributed by atoms with Crippen molar-refractivity contribution in [3.8, 4) is 5.75 Å². The molecule has 8 nitrogen and oxygen atoms in total. The normalized spacial score (nSPS) is 16.1. The van der Waals surface area contributed by atoms with Gasteiger partial charge in [0, 0.05) is 51.6 Å². The van der Waals surface area contributed by atoms with Crippen LogP contribution in [0.3, 0.4) is 0 Å². The number of ether oxygens (including phenoxy) is 1. The number of amides is 1. The van der Waals surface area contributed by atoms with E-state index < -0.39 is 0 Å². The number of nitrogens with one attached hydrogen (secondary N) is 2. The molecule has 0 fully saturated rings. The highest BCUT2D eigenvalue weighted by Crippen LogP contribution is 2.31. The first-order valence-electron chi connectivity index (χ1n) is 9.57. The molecule has 8 heteroatoms. The summed E-state index contributed by atoms with van der Waals surface area (Å²) in [6.45, 7) is 2.31. The maximum atomic E-state index is 12.0. The fourth-order valence-electron chi connectivity index (χ4n) is 2.98. The molecule has 2 N–H and O–H groups in total. The Bertz CT molecular complexity index is 788. The maximum absolute atomic E-state index is 12.0. The van der Waals surface area contributed by atoms with Crippen LogP contribution >= 0.6 is 0 Å². The van der Waals surface area contributed by atoms with Crippen molar-refractivity contribution in [2.24, 2.45) is 4.99 Å². The number of benzene rings is 1. The third kappa shape index (κ3) is 5.48.